The summed E-state index contributed by atoms with van der Waals surface area (Å²) in [5.41, 5.74) is 3.93. The number of thiocarbonyl (C=S) groups is 1. The van der Waals surface area contributed by atoms with Gasteiger partial charge in [0, 0.05) is 22.5 Å². The van der Waals surface area contributed by atoms with Gasteiger partial charge in [0.1, 0.15) is 0 Å². The highest BCUT2D eigenvalue weighted by molar-refractivity contribution is 7.80. The molecule has 0 saturated heterocycles. The molecular formula is C23H30N4OS2. The maximum Gasteiger partial charge on any atom is 0.253 e. The van der Waals surface area contributed by atoms with Crippen molar-refractivity contribution in [1.29, 1.82) is 0 Å². The highest BCUT2D eigenvalue weighted by Crippen LogP contribution is 2.19. The van der Waals surface area contributed by atoms with Crippen LogP contribution in [0, 0.1) is 13.8 Å². The number of aryl methyl sites for hydroxylation is 2. The Hall–Kier alpha value is -2.22. The lowest BCUT2D eigenvalue weighted by molar-refractivity contribution is 0.385. The molecule has 2 heterocycles. The molecule has 3 rings (SSSR count). The van der Waals surface area contributed by atoms with E-state index in [1.165, 1.54) is 16.0 Å². The zero-order chi connectivity index (χ0) is 21.7. The summed E-state index contributed by atoms with van der Waals surface area (Å²) in [4.78, 5) is 21.3. The molecule has 7 heteroatoms. The van der Waals surface area contributed by atoms with Gasteiger partial charge in [0.15, 0.2) is 5.11 Å². The van der Waals surface area contributed by atoms with Crippen molar-refractivity contribution in [1.82, 2.24) is 20.1 Å². The lowest BCUT2D eigenvalue weighted by Gasteiger charge is -2.25. The molecule has 0 unspecified atom stereocenters. The smallest absolute Gasteiger partial charge is 0.253 e. The van der Waals surface area contributed by atoms with E-state index in [0.717, 1.165) is 36.0 Å². The fourth-order valence-electron chi connectivity index (χ4n) is 3.34. The number of rotatable bonds is 8. The summed E-state index contributed by atoms with van der Waals surface area (Å²) in [6.07, 6.45) is 1.01. The van der Waals surface area contributed by atoms with Gasteiger partial charge in [-0.3, -0.25) is 4.79 Å². The number of nitrogens with one attached hydrogen (secondary N) is 2. The van der Waals surface area contributed by atoms with Gasteiger partial charge in [-0.1, -0.05) is 6.07 Å². The van der Waals surface area contributed by atoms with Gasteiger partial charge in [-0.15, -0.1) is 11.3 Å². The SMILES string of the molecule is Cc1cc2cc(CN(Cc3cccs3)C(=S)NCCCN(C)C)c(=O)[nH]c2cc1C. The predicted octanol–water partition coefficient (Wildman–Crippen LogP) is 4.03. The Bertz CT molecular complexity index is 1060. The number of benzene rings is 1. The third kappa shape index (κ3) is 5.90. The number of hydrogen-bond acceptors (Lipinski definition) is 4. The molecule has 0 radical (unpaired) electrons. The number of fused-ring (bicyclic) bond motifs is 1. The van der Waals surface area contributed by atoms with Crippen LogP contribution in [0.3, 0.4) is 0 Å². The maximum atomic E-state index is 12.8. The second-order valence-corrected chi connectivity index (χ2v) is 9.39. The maximum absolute atomic E-state index is 12.8. The fraction of sp³-hybridized carbons (Fsp3) is 0.391. The molecular weight excluding hydrogens is 412 g/mol. The number of pyridine rings is 1. The monoisotopic (exact) mass is 442 g/mol. The Kier molecular flexibility index (Phi) is 7.64. The van der Waals surface area contributed by atoms with E-state index in [1.54, 1.807) is 11.3 Å². The number of aromatic amines is 1. The van der Waals surface area contributed by atoms with E-state index in [0.29, 0.717) is 18.2 Å². The molecule has 160 valence electrons. The molecule has 2 N–H and O–H groups in total. The molecule has 0 atom stereocenters. The van der Waals surface area contributed by atoms with Crippen LogP contribution in [-0.2, 0) is 13.1 Å². The molecule has 2 aromatic heterocycles. The quantitative estimate of drug-likeness (QED) is 0.407. The first kappa shape index (κ1) is 22.5. The van der Waals surface area contributed by atoms with Gasteiger partial charge in [-0.2, -0.15) is 0 Å². The van der Waals surface area contributed by atoms with Gasteiger partial charge < -0.3 is 20.1 Å². The third-order valence-corrected chi connectivity index (χ3v) is 6.43. The minimum Gasteiger partial charge on any atom is -0.363 e. The van der Waals surface area contributed by atoms with E-state index in [1.807, 2.05) is 18.2 Å². The van der Waals surface area contributed by atoms with Crippen molar-refractivity contribution in [3.8, 4) is 0 Å². The van der Waals surface area contributed by atoms with E-state index in [9.17, 15) is 4.79 Å². The van der Waals surface area contributed by atoms with Crippen LogP contribution < -0.4 is 10.9 Å². The van der Waals surface area contributed by atoms with Crippen molar-refractivity contribution >= 4 is 39.6 Å². The minimum absolute atomic E-state index is 0.0580. The van der Waals surface area contributed by atoms with E-state index in [-0.39, 0.29) is 5.56 Å². The molecule has 0 spiro atoms. The van der Waals surface area contributed by atoms with Crippen LogP contribution in [0.25, 0.3) is 10.9 Å². The first-order valence-corrected chi connectivity index (χ1v) is 11.5. The van der Waals surface area contributed by atoms with Crippen LogP contribution in [0.4, 0.5) is 0 Å². The van der Waals surface area contributed by atoms with Gasteiger partial charge >= 0.3 is 0 Å². The molecule has 30 heavy (non-hydrogen) atoms. The second kappa shape index (κ2) is 10.2. The summed E-state index contributed by atoms with van der Waals surface area (Å²) in [6, 6.07) is 10.3. The number of H-pyrrole nitrogens is 1. The van der Waals surface area contributed by atoms with Gasteiger partial charge in [0.25, 0.3) is 5.56 Å². The molecule has 0 fully saturated rings. The summed E-state index contributed by atoms with van der Waals surface area (Å²) in [6.45, 7) is 7.12. The molecule has 0 aliphatic heterocycles. The van der Waals surface area contributed by atoms with Crippen LogP contribution in [0.15, 0.2) is 40.5 Å². The van der Waals surface area contributed by atoms with Crippen LogP contribution in [-0.4, -0.2) is 47.1 Å². The van der Waals surface area contributed by atoms with Crippen LogP contribution in [0.1, 0.15) is 28.0 Å². The Morgan fingerprint density at radius 1 is 1.17 bits per heavy atom. The molecule has 0 aliphatic rings. The standard InChI is InChI=1S/C23H30N4OS2/c1-16-11-18-13-19(22(28)25-21(18)12-17(16)2)14-27(15-20-7-5-10-30-20)23(29)24-8-6-9-26(3)4/h5,7,10-13H,6,8-9,14-15H2,1-4H3,(H,24,29)(H,25,28). The van der Waals surface area contributed by atoms with Crippen molar-refractivity contribution < 1.29 is 0 Å². The van der Waals surface area contributed by atoms with Crippen molar-refractivity contribution in [2.24, 2.45) is 0 Å². The lowest BCUT2D eigenvalue weighted by atomic mass is 10.0. The molecule has 0 amide bonds. The van der Waals surface area contributed by atoms with Crippen molar-refractivity contribution in [3.05, 3.63) is 67.6 Å². The second-order valence-electron chi connectivity index (χ2n) is 7.97. The highest BCUT2D eigenvalue weighted by Gasteiger charge is 2.15. The van der Waals surface area contributed by atoms with Crippen LogP contribution in [0.2, 0.25) is 0 Å². The van der Waals surface area contributed by atoms with Gasteiger partial charge in [-0.05, 0) is 99.3 Å². The molecule has 0 saturated carbocycles. The normalized spacial score (nSPS) is 11.2. The van der Waals surface area contributed by atoms with Crippen LogP contribution in [0.5, 0.6) is 0 Å². The Morgan fingerprint density at radius 2 is 1.93 bits per heavy atom. The first-order chi connectivity index (χ1) is 14.3. The Balaban J connectivity index is 1.81. The zero-order valence-electron chi connectivity index (χ0n) is 18.1. The fourth-order valence-corrected chi connectivity index (χ4v) is 4.29. The van der Waals surface area contributed by atoms with E-state index < -0.39 is 0 Å². The van der Waals surface area contributed by atoms with Gasteiger partial charge in [0.05, 0.1) is 13.1 Å². The third-order valence-electron chi connectivity index (χ3n) is 5.17. The largest absolute Gasteiger partial charge is 0.363 e. The molecule has 5 nitrogen and oxygen atoms in total. The highest BCUT2D eigenvalue weighted by atomic mass is 32.1. The number of nitrogens with zero attached hydrogens (tertiary/aromatic N) is 2. The topological polar surface area (TPSA) is 51.4 Å². The van der Waals surface area contributed by atoms with Gasteiger partial charge in [-0.25, -0.2) is 0 Å². The van der Waals surface area contributed by atoms with Crippen molar-refractivity contribution in [3.63, 3.8) is 0 Å². The minimum atomic E-state index is -0.0580. The number of thiophene rings is 1. The number of hydrogen-bond donors (Lipinski definition) is 2. The Labute approximate surface area is 187 Å². The van der Waals surface area contributed by atoms with Crippen molar-refractivity contribution in [2.45, 2.75) is 33.4 Å². The summed E-state index contributed by atoms with van der Waals surface area (Å²) in [5, 5.41) is 7.16. The molecule has 3 aromatic rings. The summed E-state index contributed by atoms with van der Waals surface area (Å²) in [5.74, 6) is 0. The number of aromatic nitrogens is 1. The summed E-state index contributed by atoms with van der Waals surface area (Å²) >= 11 is 7.40. The molecule has 0 aliphatic carbocycles. The van der Waals surface area contributed by atoms with Gasteiger partial charge in [0.2, 0.25) is 0 Å². The van der Waals surface area contributed by atoms with E-state index in [2.05, 4.69) is 65.6 Å². The van der Waals surface area contributed by atoms with E-state index in [4.69, 9.17) is 12.2 Å². The summed E-state index contributed by atoms with van der Waals surface area (Å²) < 4.78 is 0. The predicted molar refractivity (Wildman–Crippen MR) is 131 cm³/mol. The van der Waals surface area contributed by atoms with Crippen molar-refractivity contribution in [2.75, 3.05) is 27.2 Å². The lowest BCUT2D eigenvalue weighted by Crippen LogP contribution is -2.40. The van der Waals surface area contributed by atoms with E-state index >= 15 is 0 Å². The first-order valence-electron chi connectivity index (χ1n) is 10.2. The molecule has 1 aromatic carbocycles. The average Bonchev–Trinajstić information content (AvgIpc) is 3.19. The summed E-state index contributed by atoms with van der Waals surface area (Å²) in [7, 11) is 4.13. The van der Waals surface area contributed by atoms with Crippen LogP contribution >= 0.6 is 23.6 Å². The molecule has 0 bridgehead atoms. The Morgan fingerprint density at radius 3 is 2.63 bits per heavy atom. The average molecular weight is 443 g/mol. The zero-order valence-corrected chi connectivity index (χ0v) is 19.8.